The van der Waals surface area contributed by atoms with Crippen LogP contribution in [0, 0.1) is 0 Å². The Morgan fingerprint density at radius 1 is 1.12 bits per heavy atom. The summed E-state index contributed by atoms with van der Waals surface area (Å²) in [5.74, 6) is -0.157. The number of H-pyrrole nitrogens is 1. The second-order valence-corrected chi connectivity index (χ2v) is 6.77. The number of hydrogen-bond donors (Lipinski definition) is 2. The topological polar surface area (TPSA) is 57.8 Å². The average Bonchev–Trinajstić information content (AvgIpc) is 3.29. The summed E-state index contributed by atoms with van der Waals surface area (Å²) in [6.45, 7) is 1.97. The van der Waals surface area contributed by atoms with Gasteiger partial charge in [0.15, 0.2) is 0 Å². The Morgan fingerprint density at radius 2 is 1.88 bits per heavy atom. The van der Waals surface area contributed by atoms with E-state index in [0.717, 1.165) is 27.2 Å². The normalized spacial score (nSPS) is 12.2. The summed E-state index contributed by atoms with van der Waals surface area (Å²) >= 11 is 1.47. The van der Waals surface area contributed by atoms with Crippen molar-refractivity contribution >= 4 is 28.1 Å². The van der Waals surface area contributed by atoms with Gasteiger partial charge in [-0.1, -0.05) is 48.5 Å². The molecule has 2 aromatic heterocycles. The van der Waals surface area contributed by atoms with Crippen LogP contribution in [0.2, 0.25) is 0 Å². The standard InChI is InChI=1S/C20H17N3OS/c1-13(14-7-3-2-4-8-14)21-19(24)18-12-25-20(23-18)17-11-15-9-5-6-10-16(15)22-17/h2-13,22H,1H3,(H,21,24). The predicted octanol–water partition coefficient (Wildman–Crippen LogP) is 4.78. The molecule has 0 saturated heterocycles. The SMILES string of the molecule is CC(NC(=O)c1csc(-c2cc3ccccc3[nH]2)n1)c1ccccc1. The Labute approximate surface area is 149 Å². The van der Waals surface area contributed by atoms with E-state index in [0.29, 0.717) is 5.69 Å². The van der Waals surface area contributed by atoms with Gasteiger partial charge in [0.25, 0.3) is 5.91 Å². The van der Waals surface area contributed by atoms with E-state index in [-0.39, 0.29) is 11.9 Å². The Hall–Kier alpha value is -2.92. The second-order valence-electron chi connectivity index (χ2n) is 5.91. The predicted molar refractivity (Wildman–Crippen MR) is 102 cm³/mol. The van der Waals surface area contributed by atoms with Crippen molar-refractivity contribution in [1.29, 1.82) is 0 Å². The maximum atomic E-state index is 12.5. The molecule has 0 fully saturated rings. The van der Waals surface area contributed by atoms with Gasteiger partial charge in [-0.3, -0.25) is 4.79 Å². The lowest BCUT2D eigenvalue weighted by Gasteiger charge is -2.13. The molecule has 0 aliphatic carbocycles. The number of benzene rings is 2. The molecule has 0 aliphatic heterocycles. The molecule has 0 bridgehead atoms. The van der Waals surface area contributed by atoms with Crippen LogP contribution < -0.4 is 5.32 Å². The summed E-state index contributed by atoms with van der Waals surface area (Å²) in [6.07, 6.45) is 0. The Balaban J connectivity index is 1.53. The highest BCUT2D eigenvalue weighted by Gasteiger charge is 2.16. The first-order valence-electron chi connectivity index (χ1n) is 8.10. The first kappa shape index (κ1) is 15.6. The Kier molecular flexibility index (Phi) is 4.07. The van der Waals surface area contributed by atoms with Gasteiger partial charge in [0.2, 0.25) is 0 Å². The van der Waals surface area contributed by atoms with Crippen molar-refractivity contribution in [2.45, 2.75) is 13.0 Å². The van der Waals surface area contributed by atoms with Crippen LogP contribution in [0.3, 0.4) is 0 Å². The van der Waals surface area contributed by atoms with Crippen LogP contribution in [-0.2, 0) is 0 Å². The van der Waals surface area contributed by atoms with Gasteiger partial charge in [0, 0.05) is 16.3 Å². The molecular weight excluding hydrogens is 330 g/mol. The maximum absolute atomic E-state index is 12.5. The molecule has 1 amide bonds. The van der Waals surface area contributed by atoms with Crippen LogP contribution in [0.5, 0.6) is 0 Å². The van der Waals surface area contributed by atoms with Crippen molar-refractivity contribution in [3.63, 3.8) is 0 Å². The summed E-state index contributed by atoms with van der Waals surface area (Å²) in [4.78, 5) is 20.3. The molecule has 2 N–H and O–H groups in total. The molecule has 4 nitrogen and oxygen atoms in total. The van der Waals surface area contributed by atoms with E-state index in [1.165, 1.54) is 11.3 Å². The molecule has 2 heterocycles. The minimum Gasteiger partial charge on any atom is -0.353 e. The highest BCUT2D eigenvalue weighted by Crippen LogP contribution is 2.27. The van der Waals surface area contributed by atoms with Crippen molar-refractivity contribution < 1.29 is 4.79 Å². The van der Waals surface area contributed by atoms with E-state index >= 15 is 0 Å². The fraction of sp³-hybridized carbons (Fsp3) is 0.100. The number of aromatic nitrogens is 2. The highest BCUT2D eigenvalue weighted by molar-refractivity contribution is 7.13. The van der Waals surface area contributed by atoms with Crippen molar-refractivity contribution in [1.82, 2.24) is 15.3 Å². The number of fused-ring (bicyclic) bond motifs is 1. The first-order chi connectivity index (χ1) is 12.2. The van der Waals surface area contributed by atoms with Gasteiger partial charge < -0.3 is 10.3 Å². The summed E-state index contributed by atoms with van der Waals surface area (Å²) in [7, 11) is 0. The van der Waals surface area contributed by atoms with Gasteiger partial charge in [-0.15, -0.1) is 11.3 Å². The summed E-state index contributed by atoms with van der Waals surface area (Å²) in [6, 6.07) is 20.0. The molecule has 0 aliphatic rings. The molecule has 5 heteroatoms. The monoisotopic (exact) mass is 347 g/mol. The minimum atomic E-state index is -0.157. The number of thiazole rings is 1. The second kappa shape index (κ2) is 6.53. The smallest absolute Gasteiger partial charge is 0.271 e. The maximum Gasteiger partial charge on any atom is 0.271 e. The Morgan fingerprint density at radius 3 is 2.68 bits per heavy atom. The summed E-state index contributed by atoms with van der Waals surface area (Å²) < 4.78 is 0. The molecule has 2 aromatic carbocycles. The lowest BCUT2D eigenvalue weighted by molar-refractivity contribution is 0.0935. The number of nitrogens with zero attached hydrogens (tertiary/aromatic N) is 1. The van der Waals surface area contributed by atoms with Gasteiger partial charge in [0.05, 0.1) is 11.7 Å². The van der Waals surface area contributed by atoms with Gasteiger partial charge in [0.1, 0.15) is 10.7 Å². The minimum absolute atomic E-state index is 0.0630. The van der Waals surface area contributed by atoms with Gasteiger partial charge in [-0.25, -0.2) is 4.98 Å². The molecule has 0 spiro atoms. The molecule has 1 unspecified atom stereocenters. The number of nitrogens with one attached hydrogen (secondary N) is 2. The third-order valence-corrected chi connectivity index (χ3v) is 5.02. The van der Waals surface area contributed by atoms with Gasteiger partial charge in [-0.05, 0) is 24.6 Å². The molecule has 4 aromatic rings. The lowest BCUT2D eigenvalue weighted by Crippen LogP contribution is -2.26. The van der Waals surface area contributed by atoms with Crippen molar-refractivity contribution in [2.75, 3.05) is 0 Å². The van der Waals surface area contributed by atoms with E-state index in [9.17, 15) is 4.79 Å². The molecule has 0 radical (unpaired) electrons. The van der Waals surface area contributed by atoms with E-state index in [1.54, 1.807) is 5.38 Å². The van der Waals surface area contributed by atoms with Gasteiger partial charge in [-0.2, -0.15) is 0 Å². The zero-order valence-electron chi connectivity index (χ0n) is 13.7. The molecular formula is C20H17N3OS. The van der Waals surface area contributed by atoms with Gasteiger partial charge >= 0.3 is 0 Å². The number of rotatable bonds is 4. The quantitative estimate of drug-likeness (QED) is 0.558. The third kappa shape index (κ3) is 3.19. The van der Waals surface area contributed by atoms with E-state index in [4.69, 9.17) is 0 Å². The summed E-state index contributed by atoms with van der Waals surface area (Å²) in [5, 5.41) is 6.75. The fourth-order valence-corrected chi connectivity index (χ4v) is 3.56. The van der Waals surface area contributed by atoms with Crippen molar-refractivity contribution in [3.8, 4) is 10.7 Å². The lowest BCUT2D eigenvalue weighted by atomic mass is 10.1. The number of aromatic amines is 1. The molecule has 4 rings (SSSR count). The van der Waals surface area contributed by atoms with E-state index < -0.39 is 0 Å². The van der Waals surface area contributed by atoms with Crippen LogP contribution in [-0.4, -0.2) is 15.9 Å². The highest BCUT2D eigenvalue weighted by atomic mass is 32.1. The molecule has 124 valence electrons. The number of para-hydroxylation sites is 1. The number of amides is 1. The van der Waals surface area contributed by atoms with Crippen molar-refractivity contribution in [3.05, 3.63) is 77.3 Å². The first-order valence-corrected chi connectivity index (χ1v) is 8.98. The van der Waals surface area contributed by atoms with Crippen LogP contribution >= 0.6 is 11.3 Å². The van der Waals surface area contributed by atoms with E-state index in [2.05, 4.69) is 27.4 Å². The Bertz CT molecular complexity index is 987. The zero-order chi connectivity index (χ0) is 17.2. The van der Waals surface area contributed by atoms with E-state index in [1.807, 2.05) is 55.5 Å². The van der Waals surface area contributed by atoms with Crippen LogP contribution in [0.25, 0.3) is 21.6 Å². The van der Waals surface area contributed by atoms with Crippen LogP contribution in [0.1, 0.15) is 29.0 Å². The summed E-state index contributed by atoms with van der Waals surface area (Å²) in [5.41, 5.74) is 3.51. The molecule has 0 saturated carbocycles. The third-order valence-electron chi connectivity index (χ3n) is 4.14. The molecule has 25 heavy (non-hydrogen) atoms. The molecule has 1 atom stereocenters. The number of hydrogen-bond acceptors (Lipinski definition) is 3. The average molecular weight is 347 g/mol. The zero-order valence-corrected chi connectivity index (χ0v) is 14.5. The fourth-order valence-electron chi connectivity index (χ4n) is 2.79. The number of carbonyl (C=O) groups excluding carboxylic acids is 1. The van der Waals surface area contributed by atoms with Crippen LogP contribution in [0.4, 0.5) is 0 Å². The number of carbonyl (C=O) groups is 1. The largest absolute Gasteiger partial charge is 0.353 e. The van der Waals surface area contributed by atoms with Crippen molar-refractivity contribution in [2.24, 2.45) is 0 Å². The van der Waals surface area contributed by atoms with Crippen LogP contribution in [0.15, 0.2) is 66.0 Å².